The van der Waals surface area contributed by atoms with Crippen molar-refractivity contribution in [1.29, 1.82) is 0 Å². The molecule has 3 nitrogen and oxygen atoms in total. The average molecular weight is 280 g/mol. The van der Waals surface area contributed by atoms with Gasteiger partial charge in [-0.3, -0.25) is 0 Å². The van der Waals surface area contributed by atoms with Crippen molar-refractivity contribution in [3.8, 4) is 0 Å². The highest BCUT2D eigenvalue weighted by molar-refractivity contribution is 6.31. The zero-order valence-corrected chi connectivity index (χ0v) is 11.6. The SMILES string of the molecule is Clc1ccc2cc(CCOC3CCCCO3)[nH]c2c1. The van der Waals surface area contributed by atoms with Crippen LogP contribution in [-0.4, -0.2) is 24.5 Å². The summed E-state index contributed by atoms with van der Waals surface area (Å²) < 4.78 is 11.3. The van der Waals surface area contributed by atoms with Gasteiger partial charge in [-0.15, -0.1) is 0 Å². The number of fused-ring (bicyclic) bond motifs is 1. The Kier molecular flexibility index (Phi) is 4.06. The number of ether oxygens (including phenoxy) is 2. The van der Waals surface area contributed by atoms with E-state index in [1.54, 1.807) is 0 Å². The number of nitrogens with one attached hydrogen (secondary N) is 1. The predicted molar refractivity (Wildman–Crippen MR) is 76.6 cm³/mol. The Labute approximate surface area is 117 Å². The van der Waals surface area contributed by atoms with Crippen LogP contribution in [0.2, 0.25) is 5.02 Å². The molecule has 1 aliphatic rings. The first-order chi connectivity index (χ1) is 9.31. The number of hydrogen-bond acceptors (Lipinski definition) is 2. The lowest BCUT2D eigenvalue weighted by atomic mass is 10.2. The maximum Gasteiger partial charge on any atom is 0.157 e. The highest BCUT2D eigenvalue weighted by atomic mass is 35.5. The van der Waals surface area contributed by atoms with Crippen LogP contribution in [-0.2, 0) is 15.9 Å². The van der Waals surface area contributed by atoms with Crippen molar-refractivity contribution in [2.75, 3.05) is 13.2 Å². The molecule has 0 spiro atoms. The van der Waals surface area contributed by atoms with Crippen molar-refractivity contribution < 1.29 is 9.47 Å². The minimum absolute atomic E-state index is 0.00688. The number of rotatable bonds is 4. The molecule has 0 radical (unpaired) electrons. The van der Waals surface area contributed by atoms with Crippen LogP contribution >= 0.6 is 11.6 Å². The monoisotopic (exact) mass is 279 g/mol. The molecular weight excluding hydrogens is 262 g/mol. The number of benzene rings is 1. The van der Waals surface area contributed by atoms with Gasteiger partial charge in [0.25, 0.3) is 0 Å². The summed E-state index contributed by atoms with van der Waals surface area (Å²) in [6.07, 6.45) is 4.24. The zero-order chi connectivity index (χ0) is 13.1. The zero-order valence-electron chi connectivity index (χ0n) is 10.8. The summed E-state index contributed by atoms with van der Waals surface area (Å²) in [7, 11) is 0. The van der Waals surface area contributed by atoms with Crippen LogP contribution in [0.15, 0.2) is 24.3 Å². The summed E-state index contributed by atoms with van der Waals surface area (Å²) in [5.74, 6) is 0. The van der Waals surface area contributed by atoms with E-state index in [1.807, 2.05) is 18.2 Å². The third kappa shape index (κ3) is 3.30. The largest absolute Gasteiger partial charge is 0.358 e. The van der Waals surface area contributed by atoms with Crippen molar-refractivity contribution in [3.63, 3.8) is 0 Å². The maximum absolute atomic E-state index is 5.97. The van der Waals surface area contributed by atoms with Gasteiger partial charge in [-0.2, -0.15) is 0 Å². The molecule has 1 atom stereocenters. The number of aromatic amines is 1. The first-order valence-corrected chi connectivity index (χ1v) is 7.19. The van der Waals surface area contributed by atoms with Gasteiger partial charge < -0.3 is 14.5 Å². The van der Waals surface area contributed by atoms with Crippen molar-refractivity contribution in [2.45, 2.75) is 32.0 Å². The molecule has 2 heterocycles. The quantitative estimate of drug-likeness (QED) is 0.921. The van der Waals surface area contributed by atoms with E-state index in [-0.39, 0.29) is 6.29 Å². The van der Waals surface area contributed by atoms with E-state index < -0.39 is 0 Å². The van der Waals surface area contributed by atoms with E-state index in [0.717, 1.165) is 36.4 Å². The second-order valence-electron chi connectivity index (χ2n) is 4.94. The van der Waals surface area contributed by atoms with Crippen molar-refractivity contribution in [1.82, 2.24) is 4.98 Å². The highest BCUT2D eigenvalue weighted by Crippen LogP contribution is 2.20. The van der Waals surface area contributed by atoms with E-state index in [9.17, 15) is 0 Å². The van der Waals surface area contributed by atoms with Crippen LogP contribution in [0.25, 0.3) is 10.9 Å². The summed E-state index contributed by atoms with van der Waals surface area (Å²) in [6.45, 7) is 1.51. The molecular formula is C15H18ClNO2. The Balaban J connectivity index is 1.56. The van der Waals surface area contributed by atoms with E-state index in [2.05, 4.69) is 11.1 Å². The third-order valence-electron chi connectivity index (χ3n) is 3.45. The number of hydrogen-bond donors (Lipinski definition) is 1. The van der Waals surface area contributed by atoms with Crippen molar-refractivity contribution in [2.24, 2.45) is 0 Å². The molecule has 1 fully saturated rings. The van der Waals surface area contributed by atoms with Crippen molar-refractivity contribution >= 4 is 22.5 Å². The highest BCUT2D eigenvalue weighted by Gasteiger charge is 2.13. The molecule has 1 aliphatic heterocycles. The lowest BCUT2D eigenvalue weighted by Gasteiger charge is -2.22. The standard InChI is InChI=1S/C15H18ClNO2/c16-12-5-4-11-9-13(17-14(11)10-12)6-8-19-15-3-1-2-7-18-15/h4-5,9-10,15,17H,1-3,6-8H2. The summed E-state index contributed by atoms with van der Waals surface area (Å²) in [5.41, 5.74) is 2.25. The Morgan fingerprint density at radius 3 is 3.11 bits per heavy atom. The summed E-state index contributed by atoms with van der Waals surface area (Å²) in [4.78, 5) is 3.37. The number of aromatic nitrogens is 1. The second-order valence-corrected chi connectivity index (χ2v) is 5.38. The molecule has 1 saturated heterocycles. The van der Waals surface area contributed by atoms with E-state index in [1.165, 1.54) is 17.5 Å². The van der Waals surface area contributed by atoms with Gasteiger partial charge in [0.05, 0.1) is 6.61 Å². The Morgan fingerprint density at radius 2 is 2.26 bits per heavy atom. The molecule has 1 aromatic heterocycles. The Hall–Kier alpha value is -1.03. The Bertz CT molecular complexity index is 546. The topological polar surface area (TPSA) is 34.2 Å². The number of halogens is 1. The fourth-order valence-electron chi connectivity index (χ4n) is 2.44. The summed E-state index contributed by atoms with van der Waals surface area (Å²) >= 11 is 5.97. The van der Waals surface area contributed by atoms with Gasteiger partial charge in [0, 0.05) is 29.3 Å². The van der Waals surface area contributed by atoms with E-state index in [4.69, 9.17) is 21.1 Å². The number of H-pyrrole nitrogens is 1. The van der Waals surface area contributed by atoms with Gasteiger partial charge in [-0.1, -0.05) is 17.7 Å². The first kappa shape index (κ1) is 13.0. The van der Waals surface area contributed by atoms with Crippen LogP contribution in [0.4, 0.5) is 0 Å². The van der Waals surface area contributed by atoms with Crippen LogP contribution in [0, 0.1) is 0 Å². The van der Waals surface area contributed by atoms with Gasteiger partial charge >= 0.3 is 0 Å². The predicted octanol–water partition coefficient (Wildman–Crippen LogP) is 3.91. The minimum atomic E-state index is -0.00688. The molecule has 4 heteroatoms. The molecule has 1 aromatic carbocycles. The van der Waals surface area contributed by atoms with Gasteiger partial charge in [0.15, 0.2) is 6.29 Å². The normalized spacial score (nSPS) is 19.9. The second kappa shape index (κ2) is 5.95. The molecule has 3 rings (SSSR count). The van der Waals surface area contributed by atoms with Crippen LogP contribution in [0.3, 0.4) is 0 Å². The minimum Gasteiger partial charge on any atom is -0.358 e. The molecule has 0 aliphatic carbocycles. The fourth-order valence-corrected chi connectivity index (χ4v) is 2.61. The summed E-state index contributed by atoms with van der Waals surface area (Å²) in [6, 6.07) is 8.04. The maximum atomic E-state index is 5.97. The van der Waals surface area contributed by atoms with Crippen LogP contribution in [0.1, 0.15) is 25.0 Å². The molecule has 102 valence electrons. The lowest BCUT2D eigenvalue weighted by molar-refractivity contribution is -0.161. The Morgan fingerprint density at radius 1 is 1.32 bits per heavy atom. The molecule has 1 unspecified atom stereocenters. The van der Waals surface area contributed by atoms with Crippen molar-refractivity contribution in [3.05, 3.63) is 35.0 Å². The van der Waals surface area contributed by atoms with Gasteiger partial charge in [0.1, 0.15) is 0 Å². The third-order valence-corrected chi connectivity index (χ3v) is 3.69. The molecule has 2 aromatic rings. The molecule has 0 saturated carbocycles. The molecule has 1 N–H and O–H groups in total. The van der Waals surface area contributed by atoms with Gasteiger partial charge in [-0.05, 0) is 42.8 Å². The van der Waals surface area contributed by atoms with Crippen LogP contribution in [0.5, 0.6) is 0 Å². The molecule has 0 bridgehead atoms. The lowest BCUT2D eigenvalue weighted by Crippen LogP contribution is -2.23. The average Bonchev–Trinajstić information content (AvgIpc) is 2.82. The van der Waals surface area contributed by atoms with Crippen LogP contribution < -0.4 is 0 Å². The fraction of sp³-hybridized carbons (Fsp3) is 0.467. The van der Waals surface area contributed by atoms with E-state index >= 15 is 0 Å². The van der Waals surface area contributed by atoms with Gasteiger partial charge in [-0.25, -0.2) is 0 Å². The molecule has 19 heavy (non-hydrogen) atoms. The van der Waals surface area contributed by atoms with E-state index in [0.29, 0.717) is 6.61 Å². The first-order valence-electron chi connectivity index (χ1n) is 6.81. The smallest absolute Gasteiger partial charge is 0.157 e. The molecule has 0 amide bonds. The van der Waals surface area contributed by atoms with Gasteiger partial charge in [0.2, 0.25) is 0 Å². The summed E-state index contributed by atoms with van der Waals surface area (Å²) in [5, 5.41) is 1.95.